The van der Waals surface area contributed by atoms with E-state index in [1.807, 2.05) is 27.7 Å². The molecular formula is C28H46O2. The van der Waals surface area contributed by atoms with Crippen LogP contribution >= 0.6 is 0 Å². The first-order valence-electron chi connectivity index (χ1n) is 11.4. The lowest BCUT2D eigenvalue weighted by Gasteiger charge is -2.38. The number of aliphatic hydroxyl groups is 2. The lowest BCUT2D eigenvalue weighted by Crippen LogP contribution is -2.36. The first-order valence-corrected chi connectivity index (χ1v) is 11.4. The van der Waals surface area contributed by atoms with Gasteiger partial charge in [-0.1, -0.05) is 111 Å². The maximum atomic E-state index is 7.00. The number of hydrogen-bond acceptors (Lipinski definition) is 2. The molecule has 2 aliphatic rings. The van der Waals surface area contributed by atoms with E-state index < -0.39 is 0 Å². The Labute approximate surface area is 186 Å². The van der Waals surface area contributed by atoms with Crippen LogP contribution in [0.4, 0.5) is 0 Å². The van der Waals surface area contributed by atoms with Crippen LogP contribution in [0.25, 0.3) is 0 Å². The lowest BCUT2D eigenvalue weighted by atomic mass is 9.65. The SMILES string of the molecule is CC.CC.CC1C(C)(C)c2ccccc2C12CC(C)(C)c1ccccc12.CO.CO. The quantitative estimate of drug-likeness (QED) is 0.495. The first-order chi connectivity index (χ1) is 14.3. The van der Waals surface area contributed by atoms with Crippen LogP contribution in [-0.2, 0) is 16.2 Å². The van der Waals surface area contributed by atoms with Crippen molar-refractivity contribution >= 4 is 0 Å². The van der Waals surface area contributed by atoms with Crippen LogP contribution in [0, 0.1) is 5.92 Å². The van der Waals surface area contributed by atoms with Crippen molar-refractivity contribution < 1.29 is 10.2 Å². The summed E-state index contributed by atoms with van der Waals surface area (Å²) in [6.07, 6.45) is 1.22. The Morgan fingerprint density at radius 1 is 0.633 bits per heavy atom. The predicted molar refractivity (Wildman–Crippen MR) is 132 cm³/mol. The number of hydrogen-bond donors (Lipinski definition) is 2. The van der Waals surface area contributed by atoms with E-state index in [2.05, 4.69) is 83.1 Å². The van der Waals surface area contributed by atoms with E-state index in [4.69, 9.17) is 10.2 Å². The summed E-state index contributed by atoms with van der Waals surface area (Å²) in [5.74, 6) is 0.611. The van der Waals surface area contributed by atoms with Gasteiger partial charge in [0, 0.05) is 19.6 Å². The molecule has 2 aliphatic carbocycles. The van der Waals surface area contributed by atoms with Crippen molar-refractivity contribution in [3.63, 3.8) is 0 Å². The van der Waals surface area contributed by atoms with E-state index in [-0.39, 0.29) is 16.2 Å². The molecule has 0 aliphatic heterocycles. The van der Waals surface area contributed by atoms with Crippen LogP contribution in [-0.4, -0.2) is 24.4 Å². The van der Waals surface area contributed by atoms with Crippen LogP contribution in [0.3, 0.4) is 0 Å². The second-order valence-electron chi connectivity index (χ2n) is 8.57. The van der Waals surface area contributed by atoms with E-state index in [9.17, 15) is 0 Å². The topological polar surface area (TPSA) is 40.5 Å². The third-order valence-corrected chi connectivity index (χ3v) is 6.78. The molecule has 0 bridgehead atoms. The van der Waals surface area contributed by atoms with Gasteiger partial charge in [0.1, 0.15) is 0 Å². The molecule has 2 heteroatoms. The molecular weight excluding hydrogens is 368 g/mol. The number of aliphatic hydroxyl groups excluding tert-OH is 2. The van der Waals surface area contributed by atoms with Crippen molar-refractivity contribution in [2.75, 3.05) is 14.2 Å². The van der Waals surface area contributed by atoms with E-state index >= 15 is 0 Å². The zero-order chi connectivity index (χ0) is 23.8. The van der Waals surface area contributed by atoms with Crippen molar-refractivity contribution in [2.24, 2.45) is 5.92 Å². The predicted octanol–water partition coefficient (Wildman–Crippen LogP) is 6.85. The Balaban J connectivity index is 0.000000948. The molecule has 2 aromatic carbocycles. The minimum atomic E-state index is 0.181. The highest BCUT2D eigenvalue weighted by molar-refractivity contribution is 5.60. The first kappa shape index (κ1) is 28.4. The van der Waals surface area contributed by atoms with Gasteiger partial charge in [0.05, 0.1) is 0 Å². The van der Waals surface area contributed by atoms with Gasteiger partial charge in [0.2, 0.25) is 0 Å². The van der Waals surface area contributed by atoms with Gasteiger partial charge in [0.25, 0.3) is 0 Å². The summed E-state index contributed by atoms with van der Waals surface area (Å²) >= 11 is 0. The van der Waals surface area contributed by atoms with Crippen molar-refractivity contribution in [1.82, 2.24) is 0 Å². The number of rotatable bonds is 0. The fourth-order valence-corrected chi connectivity index (χ4v) is 5.49. The molecule has 0 heterocycles. The molecule has 2 unspecified atom stereocenters. The molecule has 2 aromatic rings. The second-order valence-corrected chi connectivity index (χ2v) is 8.57. The van der Waals surface area contributed by atoms with Gasteiger partial charge in [-0.3, -0.25) is 0 Å². The van der Waals surface area contributed by atoms with Crippen LogP contribution < -0.4 is 0 Å². The zero-order valence-electron chi connectivity index (χ0n) is 21.3. The fraction of sp³-hybridized carbons (Fsp3) is 0.571. The molecule has 0 fully saturated rings. The maximum absolute atomic E-state index is 7.00. The highest BCUT2D eigenvalue weighted by Gasteiger charge is 2.60. The third-order valence-electron chi connectivity index (χ3n) is 6.78. The highest BCUT2D eigenvalue weighted by Crippen LogP contribution is 2.65. The standard InChI is InChI=1S/C22H26.2C2H6.2CH4O/c1-15-21(4,5)17-11-7-9-13-19(17)22(15)14-20(2,3)16-10-6-8-12-18(16)22;4*1-2/h6-13,15H,14H2,1-5H3;2*1-2H3;2*2H,1H3. The fourth-order valence-electron chi connectivity index (χ4n) is 5.49. The highest BCUT2D eigenvalue weighted by atomic mass is 16.2. The zero-order valence-corrected chi connectivity index (χ0v) is 21.3. The summed E-state index contributed by atoms with van der Waals surface area (Å²) in [7, 11) is 2.00. The van der Waals surface area contributed by atoms with Crippen molar-refractivity contribution in [3.05, 3.63) is 70.8 Å². The Morgan fingerprint density at radius 2 is 0.967 bits per heavy atom. The van der Waals surface area contributed by atoms with Gasteiger partial charge in [0.15, 0.2) is 0 Å². The molecule has 0 aromatic heterocycles. The number of benzene rings is 2. The van der Waals surface area contributed by atoms with Crippen molar-refractivity contribution in [3.8, 4) is 0 Å². The Hall–Kier alpha value is -1.64. The minimum absolute atomic E-state index is 0.181. The monoisotopic (exact) mass is 414 g/mol. The minimum Gasteiger partial charge on any atom is -0.400 e. The summed E-state index contributed by atoms with van der Waals surface area (Å²) in [6.45, 7) is 20.2. The largest absolute Gasteiger partial charge is 0.400 e. The third kappa shape index (κ3) is 4.36. The van der Waals surface area contributed by atoms with Crippen LogP contribution in [0.1, 0.15) is 91.0 Å². The molecule has 1 spiro atoms. The summed E-state index contributed by atoms with van der Waals surface area (Å²) in [5, 5.41) is 14.0. The Kier molecular flexibility index (Phi) is 11.0. The van der Waals surface area contributed by atoms with Crippen LogP contribution in [0.5, 0.6) is 0 Å². The Bertz CT molecular complexity index is 748. The Morgan fingerprint density at radius 3 is 1.40 bits per heavy atom. The van der Waals surface area contributed by atoms with Gasteiger partial charge in [-0.15, -0.1) is 0 Å². The average molecular weight is 415 g/mol. The molecule has 0 radical (unpaired) electrons. The molecule has 0 saturated carbocycles. The normalized spacial score (nSPS) is 23.0. The van der Waals surface area contributed by atoms with E-state index in [0.29, 0.717) is 5.92 Å². The summed E-state index contributed by atoms with van der Waals surface area (Å²) in [6, 6.07) is 18.3. The van der Waals surface area contributed by atoms with Gasteiger partial charge >= 0.3 is 0 Å². The molecule has 0 saturated heterocycles. The smallest absolute Gasteiger partial charge is 0.0319 e. The van der Waals surface area contributed by atoms with Gasteiger partial charge in [-0.2, -0.15) is 0 Å². The van der Waals surface area contributed by atoms with Gasteiger partial charge < -0.3 is 10.2 Å². The van der Waals surface area contributed by atoms with Crippen LogP contribution in [0.15, 0.2) is 48.5 Å². The number of fused-ring (bicyclic) bond motifs is 4. The molecule has 0 amide bonds. The van der Waals surface area contributed by atoms with Gasteiger partial charge in [-0.05, 0) is 45.4 Å². The summed E-state index contributed by atoms with van der Waals surface area (Å²) in [4.78, 5) is 0. The van der Waals surface area contributed by atoms with Crippen molar-refractivity contribution in [2.45, 2.75) is 85.0 Å². The molecule has 2 N–H and O–H groups in total. The second kappa shape index (κ2) is 11.7. The average Bonchev–Trinajstić information content (AvgIpc) is 3.15. The molecule has 170 valence electrons. The summed E-state index contributed by atoms with van der Waals surface area (Å²) in [5.41, 5.74) is 6.91. The van der Waals surface area contributed by atoms with Gasteiger partial charge in [-0.25, -0.2) is 0 Å². The van der Waals surface area contributed by atoms with E-state index in [0.717, 1.165) is 14.2 Å². The van der Waals surface area contributed by atoms with E-state index in [1.165, 1.54) is 6.42 Å². The van der Waals surface area contributed by atoms with E-state index in [1.54, 1.807) is 22.3 Å². The maximum Gasteiger partial charge on any atom is 0.0319 e. The molecule has 2 atom stereocenters. The van der Waals surface area contributed by atoms with Crippen LogP contribution in [0.2, 0.25) is 0 Å². The van der Waals surface area contributed by atoms with Crippen molar-refractivity contribution in [1.29, 1.82) is 0 Å². The summed E-state index contributed by atoms with van der Waals surface area (Å²) < 4.78 is 0. The lowest BCUT2D eigenvalue weighted by molar-refractivity contribution is 0.242. The molecule has 2 nitrogen and oxygen atoms in total. The molecule has 30 heavy (non-hydrogen) atoms. The molecule has 4 rings (SSSR count).